The minimum Gasteiger partial charge on any atom is -0.336 e. The molecule has 104 valence electrons. The minimum absolute atomic E-state index is 0.191. The third kappa shape index (κ3) is 3.52. The first-order valence-electron chi connectivity index (χ1n) is 5.90. The van der Waals surface area contributed by atoms with Gasteiger partial charge in [0, 0.05) is 18.1 Å². The van der Waals surface area contributed by atoms with Gasteiger partial charge in [-0.1, -0.05) is 28.1 Å². The molecule has 1 aromatic heterocycles. The fraction of sp³-hybridized carbons (Fsp3) is 0.154. The van der Waals surface area contributed by atoms with E-state index in [1.54, 1.807) is 24.1 Å². The highest BCUT2D eigenvalue weighted by atomic mass is 79.9. The van der Waals surface area contributed by atoms with Crippen molar-refractivity contribution < 1.29 is 4.79 Å². The van der Waals surface area contributed by atoms with Crippen LogP contribution in [0.15, 0.2) is 40.9 Å². The van der Waals surface area contributed by atoms with E-state index in [4.69, 9.17) is 5.84 Å². The van der Waals surface area contributed by atoms with Gasteiger partial charge >= 0.3 is 0 Å². The zero-order chi connectivity index (χ0) is 14.5. The van der Waals surface area contributed by atoms with E-state index in [0.29, 0.717) is 12.4 Å². The molecule has 0 aliphatic heterocycles. The van der Waals surface area contributed by atoms with Crippen LogP contribution in [0.25, 0.3) is 0 Å². The molecule has 0 bridgehead atoms. The summed E-state index contributed by atoms with van der Waals surface area (Å²) in [6.45, 7) is 0.505. The third-order valence-electron chi connectivity index (χ3n) is 2.71. The van der Waals surface area contributed by atoms with Gasteiger partial charge in [0.15, 0.2) is 11.5 Å². The number of aromatic nitrogens is 2. The summed E-state index contributed by atoms with van der Waals surface area (Å²) in [6, 6.07) is 11.0. The molecule has 0 aliphatic carbocycles. The van der Waals surface area contributed by atoms with E-state index in [1.807, 2.05) is 24.3 Å². The van der Waals surface area contributed by atoms with Gasteiger partial charge in [-0.05, 0) is 29.8 Å². The predicted molar refractivity (Wildman–Crippen MR) is 79.8 cm³/mol. The van der Waals surface area contributed by atoms with Crippen LogP contribution >= 0.6 is 15.9 Å². The lowest BCUT2D eigenvalue weighted by Crippen LogP contribution is -2.27. The fourth-order valence-electron chi connectivity index (χ4n) is 1.65. The van der Waals surface area contributed by atoms with Crippen molar-refractivity contribution in [1.29, 1.82) is 0 Å². The Hall–Kier alpha value is -1.99. The molecule has 2 aromatic rings. The highest BCUT2D eigenvalue weighted by Gasteiger charge is 2.14. The molecule has 0 spiro atoms. The van der Waals surface area contributed by atoms with Crippen molar-refractivity contribution in [1.82, 2.24) is 15.1 Å². The van der Waals surface area contributed by atoms with E-state index in [2.05, 4.69) is 31.6 Å². The second-order valence-electron chi connectivity index (χ2n) is 4.24. The first kappa shape index (κ1) is 14.4. The molecule has 1 heterocycles. The average molecular weight is 336 g/mol. The Labute approximate surface area is 125 Å². The molecule has 0 saturated carbocycles. The number of halogens is 1. The zero-order valence-corrected chi connectivity index (χ0v) is 12.5. The molecule has 1 amide bonds. The molecular weight excluding hydrogens is 322 g/mol. The maximum absolute atomic E-state index is 12.2. The summed E-state index contributed by atoms with van der Waals surface area (Å²) >= 11 is 3.38. The maximum Gasteiger partial charge on any atom is 0.274 e. The number of carbonyl (C=O) groups is 1. The fourth-order valence-corrected chi connectivity index (χ4v) is 1.92. The highest BCUT2D eigenvalue weighted by Crippen LogP contribution is 2.12. The van der Waals surface area contributed by atoms with Gasteiger partial charge in [0.05, 0.1) is 0 Å². The topological polar surface area (TPSA) is 84.1 Å². The molecule has 6 nitrogen and oxygen atoms in total. The second kappa shape index (κ2) is 6.44. The molecule has 0 aliphatic rings. The van der Waals surface area contributed by atoms with Gasteiger partial charge in [0.25, 0.3) is 5.91 Å². The summed E-state index contributed by atoms with van der Waals surface area (Å²) in [5, 5.41) is 7.61. The first-order chi connectivity index (χ1) is 9.60. The number of carbonyl (C=O) groups excluding carboxylic acids is 1. The van der Waals surface area contributed by atoms with Crippen LogP contribution in [0.4, 0.5) is 5.82 Å². The van der Waals surface area contributed by atoms with Crippen LogP contribution in [0.5, 0.6) is 0 Å². The molecular formula is C13H14BrN5O. The van der Waals surface area contributed by atoms with Crippen molar-refractivity contribution in [3.8, 4) is 0 Å². The van der Waals surface area contributed by atoms with Crippen molar-refractivity contribution in [2.75, 3.05) is 12.5 Å². The number of hydrogen-bond donors (Lipinski definition) is 2. The van der Waals surface area contributed by atoms with E-state index in [0.717, 1.165) is 10.0 Å². The van der Waals surface area contributed by atoms with E-state index in [-0.39, 0.29) is 11.6 Å². The summed E-state index contributed by atoms with van der Waals surface area (Å²) in [6.07, 6.45) is 0. The van der Waals surface area contributed by atoms with Crippen LogP contribution in [-0.2, 0) is 6.54 Å². The van der Waals surface area contributed by atoms with Crippen LogP contribution in [0.1, 0.15) is 16.1 Å². The number of anilines is 1. The molecule has 3 N–H and O–H groups in total. The Morgan fingerprint density at radius 3 is 2.50 bits per heavy atom. The highest BCUT2D eigenvalue weighted by molar-refractivity contribution is 9.10. The third-order valence-corrected chi connectivity index (χ3v) is 3.24. The number of amides is 1. The number of benzene rings is 1. The number of nitrogens with one attached hydrogen (secondary N) is 1. The number of nitrogens with two attached hydrogens (primary N) is 1. The Bertz CT molecular complexity index is 585. The normalized spacial score (nSPS) is 10.2. The Kier molecular flexibility index (Phi) is 4.65. The van der Waals surface area contributed by atoms with Gasteiger partial charge in [0.1, 0.15) is 0 Å². The summed E-state index contributed by atoms with van der Waals surface area (Å²) < 4.78 is 1.01. The van der Waals surface area contributed by atoms with Crippen molar-refractivity contribution in [2.24, 2.45) is 5.84 Å². The van der Waals surface area contributed by atoms with Crippen LogP contribution in [0.2, 0.25) is 0 Å². The van der Waals surface area contributed by atoms with Gasteiger partial charge in [-0.3, -0.25) is 4.79 Å². The van der Waals surface area contributed by atoms with Crippen LogP contribution in [0, 0.1) is 0 Å². The molecule has 2 rings (SSSR count). The quantitative estimate of drug-likeness (QED) is 0.657. The maximum atomic E-state index is 12.2. The zero-order valence-electron chi connectivity index (χ0n) is 10.9. The van der Waals surface area contributed by atoms with Crippen molar-refractivity contribution in [3.63, 3.8) is 0 Å². The van der Waals surface area contributed by atoms with E-state index >= 15 is 0 Å². The minimum atomic E-state index is -0.191. The standard InChI is InChI=1S/C13H14BrN5O/c1-19(8-9-2-4-10(14)5-3-9)13(20)11-6-7-12(16-15)18-17-11/h2-7H,8,15H2,1H3,(H,16,18). The average Bonchev–Trinajstić information content (AvgIpc) is 2.49. The molecule has 0 unspecified atom stereocenters. The van der Waals surface area contributed by atoms with Gasteiger partial charge in [-0.15, -0.1) is 10.2 Å². The summed E-state index contributed by atoms with van der Waals surface area (Å²) in [5.74, 6) is 5.42. The molecule has 0 radical (unpaired) electrons. The molecule has 20 heavy (non-hydrogen) atoms. The number of hydrazine groups is 1. The molecule has 1 aromatic carbocycles. The van der Waals surface area contributed by atoms with E-state index < -0.39 is 0 Å². The van der Waals surface area contributed by atoms with Crippen molar-refractivity contribution in [3.05, 3.63) is 52.1 Å². The Morgan fingerprint density at radius 2 is 1.95 bits per heavy atom. The SMILES string of the molecule is CN(Cc1ccc(Br)cc1)C(=O)c1ccc(NN)nn1. The molecule has 7 heteroatoms. The summed E-state index contributed by atoms with van der Waals surface area (Å²) in [4.78, 5) is 13.8. The van der Waals surface area contributed by atoms with Crippen LogP contribution in [-0.4, -0.2) is 28.1 Å². The number of hydrogen-bond acceptors (Lipinski definition) is 5. The van der Waals surface area contributed by atoms with Gasteiger partial charge in [-0.2, -0.15) is 0 Å². The first-order valence-corrected chi connectivity index (χ1v) is 6.69. The van der Waals surface area contributed by atoms with E-state index in [9.17, 15) is 4.79 Å². The molecule has 0 atom stereocenters. The van der Waals surface area contributed by atoms with Crippen LogP contribution in [0.3, 0.4) is 0 Å². The summed E-state index contributed by atoms with van der Waals surface area (Å²) in [5.41, 5.74) is 3.68. The monoisotopic (exact) mass is 335 g/mol. The van der Waals surface area contributed by atoms with Gasteiger partial charge in [-0.25, -0.2) is 5.84 Å². The molecule has 0 saturated heterocycles. The Morgan fingerprint density at radius 1 is 1.25 bits per heavy atom. The summed E-state index contributed by atoms with van der Waals surface area (Å²) in [7, 11) is 1.72. The number of nitrogens with zero attached hydrogens (tertiary/aromatic N) is 3. The lowest BCUT2D eigenvalue weighted by molar-refractivity contribution is 0.0778. The smallest absolute Gasteiger partial charge is 0.274 e. The van der Waals surface area contributed by atoms with Crippen molar-refractivity contribution in [2.45, 2.75) is 6.54 Å². The largest absolute Gasteiger partial charge is 0.336 e. The number of nitrogen functional groups attached to an aromatic ring is 1. The molecule has 0 fully saturated rings. The van der Waals surface area contributed by atoms with E-state index in [1.165, 1.54) is 0 Å². The predicted octanol–water partition coefficient (Wildman–Crippen LogP) is 1.80. The van der Waals surface area contributed by atoms with Crippen molar-refractivity contribution >= 4 is 27.7 Å². The number of rotatable bonds is 4. The lowest BCUT2D eigenvalue weighted by atomic mass is 10.2. The van der Waals surface area contributed by atoms with Gasteiger partial charge < -0.3 is 10.3 Å². The lowest BCUT2D eigenvalue weighted by Gasteiger charge is -2.16. The van der Waals surface area contributed by atoms with Gasteiger partial charge in [0.2, 0.25) is 0 Å². The second-order valence-corrected chi connectivity index (χ2v) is 5.15. The van der Waals surface area contributed by atoms with Crippen LogP contribution < -0.4 is 11.3 Å². The Balaban J connectivity index is 2.05.